The van der Waals surface area contributed by atoms with Crippen molar-refractivity contribution in [3.63, 3.8) is 0 Å². The normalized spacial score (nSPS) is 12.7. The maximum Gasteiger partial charge on any atom is 0.416 e. The molecule has 204 valence electrons. The van der Waals surface area contributed by atoms with Gasteiger partial charge in [0.05, 0.1) is 24.4 Å². The Labute approximate surface area is 222 Å². The SMILES string of the molecule is CCOC(=O)N1CCc2c(ncnc2Oc2ccc3c(ccn3C)c2)C1.O=CNc1cccc(C(F)(F)F)c1. The van der Waals surface area contributed by atoms with Crippen LogP contribution in [0, 0.1) is 0 Å². The van der Waals surface area contributed by atoms with Gasteiger partial charge < -0.3 is 24.3 Å². The van der Waals surface area contributed by atoms with E-state index in [1.165, 1.54) is 18.5 Å². The molecular formula is C27H26F3N5O4. The Morgan fingerprint density at radius 2 is 1.97 bits per heavy atom. The molecule has 0 saturated heterocycles. The summed E-state index contributed by atoms with van der Waals surface area (Å²) in [5.74, 6) is 1.28. The fraction of sp³-hybridized carbons (Fsp3) is 0.259. The Hall–Kier alpha value is -4.61. The summed E-state index contributed by atoms with van der Waals surface area (Å²) in [6.07, 6.45) is -0.225. The number of fused-ring (bicyclic) bond motifs is 2. The number of hydrogen-bond acceptors (Lipinski definition) is 6. The van der Waals surface area contributed by atoms with Crippen molar-refractivity contribution < 1.29 is 32.2 Å². The van der Waals surface area contributed by atoms with Crippen LogP contribution in [0.3, 0.4) is 0 Å². The van der Waals surface area contributed by atoms with Gasteiger partial charge in [-0.1, -0.05) is 6.07 Å². The number of carbonyl (C=O) groups excluding carboxylic acids is 2. The van der Waals surface area contributed by atoms with E-state index in [2.05, 4.69) is 25.9 Å². The number of nitrogens with zero attached hydrogens (tertiary/aromatic N) is 4. The van der Waals surface area contributed by atoms with Gasteiger partial charge in [-0.3, -0.25) is 4.79 Å². The first-order chi connectivity index (χ1) is 18.7. The summed E-state index contributed by atoms with van der Waals surface area (Å²) < 4.78 is 49.5. The van der Waals surface area contributed by atoms with Crippen molar-refractivity contribution in [2.45, 2.75) is 26.1 Å². The highest BCUT2D eigenvalue weighted by molar-refractivity contribution is 5.81. The van der Waals surface area contributed by atoms with Gasteiger partial charge in [0, 0.05) is 41.9 Å². The van der Waals surface area contributed by atoms with E-state index in [-0.39, 0.29) is 11.8 Å². The average Bonchev–Trinajstić information content (AvgIpc) is 3.29. The van der Waals surface area contributed by atoms with Crippen molar-refractivity contribution in [3.8, 4) is 11.6 Å². The molecule has 5 rings (SSSR count). The molecule has 0 fully saturated rings. The van der Waals surface area contributed by atoms with E-state index < -0.39 is 11.7 Å². The molecule has 0 saturated carbocycles. The van der Waals surface area contributed by atoms with Crippen LogP contribution in [0.25, 0.3) is 10.9 Å². The molecule has 2 aromatic carbocycles. The highest BCUT2D eigenvalue weighted by Crippen LogP contribution is 2.31. The van der Waals surface area contributed by atoms with Crippen molar-refractivity contribution in [3.05, 3.63) is 77.9 Å². The summed E-state index contributed by atoms with van der Waals surface area (Å²) in [7, 11) is 2.01. The zero-order valence-electron chi connectivity index (χ0n) is 21.2. The van der Waals surface area contributed by atoms with Gasteiger partial charge in [0.1, 0.15) is 12.1 Å². The van der Waals surface area contributed by atoms with Crippen molar-refractivity contribution in [2.75, 3.05) is 18.5 Å². The van der Waals surface area contributed by atoms with E-state index in [1.54, 1.807) is 11.8 Å². The van der Waals surface area contributed by atoms with Crippen LogP contribution >= 0.6 is 0 Å². The second kappa shape index (κ2) is 11.8. The zero-order chi connectivity index (χ0) is 28.0. The van der Waals surface area contributed by atoms with E-state index in [0.29, 0.717) is 38.4 Å². The second-order valence-electron chi connectivity index (χ2n) is 8.56. The molecule has 4 aromatic rings. The van der Waals surface area contributed by atoms with Gasteiger partial charge in [-0.15, -0.1) is 0 Å². The lowest BCUT2D eigenvalue weighted by atomic mass is 10.1. The second-order valence-corrected chi connectivity index (χ2v) is 8.56. The summed E-state index contributed by atoms with van der Waals surface area (Å²) in [6, 6.07) is 12.4. The Bertz CT molecular complexity index is 1470. The van der Waals surface area contributed by atoms with Crippen LogP contribution < -0.4 is 10.1 Å². The number of ether oxygens (including phenoxy) is 2. The Balaban J connectivity index is 0.000000229. The van der Waals surface area contributed by atoms with Crippen LogP contribution in [0.5, 0.6) is 11.6 Å². The molecule has 0 aliphatic carbocycles. The van der Waals surface area contributed by atoms with Gasteiger partial charge in [0.15, 0.2) is 0 Å². The van der Waals surface area contributed by atoms with Crippen molar-refractivity contribution in [1.29, 1.82) is 0 Å². The minimum Gasteiger partial charge on any atom is -0.450 e. The van der Waals surface area contributed by atoms with E-state index >= 15 is 0 Å². The highest BCUT2D eigenvalue weighted by atomic mass is 19.4. The number of aryl methyl sites for hydroxylation is 1. The third kappa shape index (κ3) is 6.64. The number of rotatable bonds is 5. The first-order valence-corrected chi connectivity index (χ1v) is 12.0. The number of nitrogens with one attached hydrogen (secondary N) is 1. The molecule has 12 heteroatoms. The van der Waals surface area contributed by atoms with Crippen molar-refractivity contribution in [2.24, 2.45) is 7.05 Å². The van der Waals surface area contributed by atoms with Gasteiger partial charge >= 0.3 is 12.3 Å². The summed E-state index contributed by atoms with van der Waals surface area (Å²) in [5.41, 5.74) is 2.24. The lowest BCUT2D eigenvalue weighted by molar-refractivity contribution is -0.137. The Morgan fingerprint density at radius 1 is 1.15 bits per heavy atom. The maximum atomic E-state index is 12.1. The van der Waals surface area contributed by atoms with Crippen molar-refractivity contribution in [1.82, 2.24) is 19.4 Å². The monoisotopic (exact) mass is 541 g/mol. The summed E-state index contributed by atoms with van der Waals surface area (Å²) in [6.45, 7) is 3.13. The molecule has 0 spiro atoms. The number of halogens is 3. The molecule has 2 aromatic heterocycles. The summed E-state index contributed by atoms with van der Waals surface area (Å²) in [5, 5.41) is 3.25. The predicted octanol–water partition coefficient (Wildman–Crippen LogP) is 5.55. The van der Waals surface area contributed by atoms with Crippen LogP contribution in [0.4, 0.5) is 23.7 Å². The van der Waals surface area contributed by atoms with Gasteiger partial charge in [0.25, 0.3) is 0 Å². The Kier molecular flexibility index (Phi) is 8.33. The van der Waals surface area contributed by atoms with Gasteiger partial charge in [-0.25, -0.2) is 14.8 Å². The van der Waals surface area contributed by atoms with Gasteiger partial charge in [-0.05, 0) is 55.8 Å². The zero-order valence-corrected chi connectivity index (χ0v) is 21.2. The first-order valence-electron chi connectivity index (χ1n) is 12.0. The fourth-order valence-electron chi connectivity index (χ4n) is 4.07. The van der Waals surface area contributed by atoms with E-state index in [1.807, 2.05) is 31.4 Å². The van der Waals surface area contributed by atoms with Gasteiger partial charge in [0.2, 0.25) is 12.3 Å². The first kappa shape index (κ1) is 27.4. The molecule has 2 amide bonds. The van der Waals surface area contributed by atoms with E-state index in [0.717, 1.165) is 40.0 Å². The van der Waals surface area contributed by atoms with E-state index in [4.69, 9.17) is 9.47 Å². The fourth-order valence-corrected chi connectivity index (χ4v) is 4.07. The summed E-state index contributed by atoms with van der Waals surface area (Å²) in [4.78, 5) is 32.2. The maximum absolute atomic E-state index is 12.1. The lowest BCUT2D eigenvalue weighted by Gasteiger charge is -2.27. The van der Waals surface area contributed by atoms with Crippen LogP contribution in [-0.2, 0) is 35.7 Å². The lowest BCUT2D eigenvalue weighted by Crippen LogP contribution is -2.37. The number of amides is 2. The molecule has 1 aliphatic heterocycles. The van der Waals surface area contributed by atoms with Crippen LogP contribution in [0.2, 0.25) is 0 Å². The number of hydrogen-bond donors (Lipinski definition) is 1. The number of benzene rings is 2. The number of alkyl halides is 3. The molecular weight excluding hydrogens is 515 g/mol. The third-order valence-electron chi connectivity index (χ3n) is 5.98. The molecule has 0 bridgehead atoms. The third-order valence-corrected chi connectivity index (χ3v) is 5.98. The minimum atomic E-state index is -4.37. The number of carbonyl (C=O) groups is 2. The summed E-state index contributed by atoms with van der Waals surface area (Å²) >= 11 is 0. The highest BCUT2D eigenvalue weighted by Gasteiger charge is 2.30. The van der Waals surface area contributed by atoms with Crippen molar-refractivity contribution >= 4 is 29.1 Å². The average molecular weight is 542 g/mol. The number of aromatic nitrogens is 3. The largest absolute Gasteiger partial charge is 0.450 e. The van der Waals surface area contributed by atoms with Crippen LogP contribution in [-0.4, -0.2) is 45.1 Å². The topological polar surface area (TPSA) is 98.6 Å². The molecule has 1 N–H and O–H groups in total. The molecule has 3 heterocycles. The van der Waals surface area contributed by atoms with Crippen LogP contribution in [0.15, 0.2) is 61.1 Å². The van der Waals surface area contributed by atoms with Gasteiger partial charge in [-0.2, -0.15) is 13.2 Å². The molecule has 39 heavy (non-hydrogen) atoms. The molecule has 0 unspecified atom stereocenters. The minimum absolute atomic E-state index is 0.129. The Morgan fingerprint density at radius 3 is 2.72 bits per heavy atom. The smallest absolute Gasteiger partial charge is 0.416 e. The standard InChI is InChI=1S/C19H20N4O3.C8H6F3NO/c1-3-25-19(24)23-9-7-15-16(11-23)20-12-21-18(15)26-14-4-5-17-13(10-14)6-8-22(17)2;9-8(10,11)6-2-1-3-7(4-6)12-5-13/h4-6,8,10,12H,3,7,9,11H2,1-2H3;1-5H,(H,12,13). The quantitative estimate of drug-likeness (QED) is 0.333. The molecule has 1 aliphatic rings. The van der Waals surface area contributed by atoms with Crippen LogP contribution in [0.1, 0.15) is 23.7 Å². The predicted molar refractivity (Wildman–Crippen MR) is 137 cm³/mol. The van der Waals surface area contributed by atoms with E-state index in [9.17, 15) is 22.8 Å². The molecule has 0 radical (unpaired) electrons. The molecule has 0 atom stereocenters. The molecule has 9 nitrogen and oxygen atoms in total. The number of anilines is 1.